The van der Waals surface area contributed by atoms with Crippen LogP contribution in [0.1, 0.15) is 36.2 Å². The largest absolute Gasteiger partial charge is 0.308 e. The molecule has 1 heterocycles. The van der Waals surface area contributed by atoms with Gasteiger partial charge in [-0.2, -0.15) is 4.31 Å². The number of amides is 1. The fourth-order valence-corrected chi connectivity index (χ4v) is 5.49. The molecule has 0 spiro atoms. The summed E-state index contributed by atoms with van der Waals surface area (Å²) in [6, 6.07) is 12.6. The summed E-state index contributed by atoms with van der Waals surface area (Å²) in [6.07, 6.45) is 1.59. The number of hydrogen-bond acceptors (Lipinski definition) is 3. The molecule has 0 fully saturated rings. The molecule has 1 amide bonds. The van der Waals surface area contributed by atoms with Gasteiger partial charge in [-0.15, -0.1) is 0 Å². The zero-order chi connectivity index (χ0) is 19.6. The van der Waals surface area contributed by atoms with Crippen LogP contribution in [0.5, 0.6) is 0 Å². The number of rotatable bonds is 5. The molecule has 5 nitrogen and oxygen atoms in total. The van der Waals surface area contributed by atoms with Gasteiger partial charge >= 0.3 is 0 Å². The monoisotopic (exact) mass is 498 g/mol. The predicted octanol–water partition coefficient (Wildman–Crippen LogP) is 3.91. The van der Waals surface area contributed by atoms with Crippen molar-refractivity contribution < 1.29 is 13.2 Å². The Hall–Kier alpha value is -1.45. The number of anilines is 1. The molecule has 1 aliphatic rings. The summed E-state index contributed by atoms with van der Waals surface area (Å²) in [5.74, 6) is -0.0474. The molecule has 0 saturated heterocycles. The molecule has 3 rings (SSSR count). The van der Waals surface area contributed by atoms with Crippen molar-refractivity contribution in [3.05, 3.63) is 57.2 Å². The number of benzene rings is 2. The lowest BCUT2D eigenvalue weighted by Gasteiger charge is -2.30. The van der Waals surface area contributed by atoms with Gasteiger partial charge in [-0.25, -0.2) is 8.42 Å². The molecule has 0 saturated carbocycles. The van der Waals surface area contributed by atoms with Crippen LogP contribution in [0.25, 0.3) is 0 Å². The van der Waals surface area contributed by atoms with Crippen LogP contribution in [0.3, 0.4) is 0 Å². The summed E-state index contributed by atoms with van der Waals surface area (Å²) in [5.41, 5.74) is 2.37. The van der Waals surface area contributed by atoms with Gasteiger partial charge in [-0.1, -0.05) is 19.9 Å². The second-order valence-electron chi connectivity index (χ2n) is 6.45. The van der Waals surface area contributed by atoms with Crippen LogP contribution in [0.4, 0.5) is 5.69 Å². The number of hydrogen-bond donors (Lipinski definition) is 0. The minimum atomic E-state index is -3.50. The Balaban J connectivity index is 1.97. The van der Waals surface area contributed by atoms with E-state index < -0.39 is 10.0 Å². The Morgan fingerprint density at radius 1 is 1.15 bits per heavy atom. The molecule has 0 radical (unpaired) electrons. The molecular formula is C20H23IN2O3S. The molecule has 1 aliphatic heterocycles. The van der Waals surface area contributed by atoms with Crippen LogP contribution in [-0.4, -0.2) is 38.3 Å². The molecule has 2 aromatic carbocycles. The van der Waals surface area contributed by atoms with Crippen molar-refractivity contribution in [2.45, 2.75) is 31.6 Å². The van der Waals surface area contributed by atoms with E-state index in [0.29, 0.717) is 30.1 Å². The minimum Gasteiger partial charge on any atom is -0.308 e. The lowest BCUT2D eigenvalue weighted by molar-refractivity contribution is 0.0985. The maximum Gasteiger partial charge on any atom is 0.258 e. The maximum absolute atomic E-state index is 13.0. The zero-order valence-electron chi connectivity index (χ0n) is 15.5. The standard InChI is InChI=1S/C20H23IN2O3S/c1-3-22(4-2)27(25,26)18-10-11-19-15(14-18)8-6-12-23(19)20(24)16-7-5-9-17(21)13-16/h5,7,9-11,13-14H,3-4,6,8,12H2,1-2H3. The van der Waals surface area contributed by atoms with Crippen LogP contribution in [0.15, 0.2) is 47.4 Å². The molecule has 27 heavy (non-hydrogen) atoms. The summed E-state index contributed by atoms with van der Waals surface area (Å²) in [4.78, 5) is 15.1. The molecule has 0 unspecified atom stereocenters. The van der Waals surface area contributed by atoms with Crippen molar-refractivity contribution in [1.82, 2.24) is 4.31 Å². The Bertz CT molecular complexity index is 955. The summed E-state index contributed by atoms with van der Waals surface area (Å²) >= 11 is 2.19. The topological polar surface area (TPSA) is 57.7 Å². The van der Waals surface area contributed by atoms with E-state index in [2.05, 4.69) is 22.6 Å². The third-order valence-electron chi connectivity index (χ3n) is 4.83. The normalized spacial score (nSPS) is 14.3. The number of halogens is 1. The van der Waals surface area contributed by atoms with E-state index in [0.717, 1.165) is 27.7 Å². The number of fused-ring (bicyclic) bond motifs is 1. The van der Waals surface area contributed by atoms with Gasteiger partial charge in [0, 0.05) is 34.5 Å². The van der Waals surface area contributed by atoms with E-state index in [1.54, 1.807) is 23.1 Å². The van der Waals surface area contributed by atoms with E-state index in [1.807, 2.05) is 38.1 Å². The molecule has 0 aliphatic carbocycles. The Morgan fingerprint density at radius 3 is 2.56 bits per heavy atom. The number of sulfonamides is 1. The summed E-state index contributed by atoms with van der Waals surface area (Å²) in [7, 11) is -3.50. The number of carbonyl (C=O) groups is 1. The van der Waals surface area contributed by atoms with Crippen molar-refractivity contribution in [2.24, 2.45) is 0 Å². The Kier molecular flexibility index (Phi) is 6.22. The van der Waals surface area contributed by atoms with Crippen LogP contribution in [0, 0.1) is 3.57 Å². The molecule has 2 aromatic rings. The van der Waals surface area contributed by atoms with Gasteiger partial charge in [0.2, 0.25) is 10.0 Å². The van der Waals surface area contributed by atoms with Crippen molar-refractivity contribution in [3.8, 4) is 0 Å². The van der Waals surface area contributed by atoms with E-state index in [1.165, 1.54) is 4.31 Å². The lowest BCUT2D eigenvalue weighted by atomic mass is 10.0. The van der Waals surface area contributed by atoms with Gasteiger partial charge < -0.3 is 4.90 Å². The van der Waals surface area contributed by atoms with Gasteiger partial charge in [-0.3, -0.25) is 4.79 Å². The SMILES string of the molecule is CCN(CC)S(=O)(=O)c1ccc2c(c1)CCCN2C(=O)c1cccc(I)c1. The second kappa shape index (κ2) is 8.28. The summed E-state index contributed by atoms with van der Waals surface area (Å²) < 4.78 is 28.1. The number of aryl methyl sites for hydroxylation is 1. The van der Waals surface area contributed by atoms with Crippen molar-refractivity contribution in [3.63, 3.8) is 0 Å². The van der Waals surface area contributed by atoms with Gasteiger partial charge in [0.15, 0.2) is 0 Å². The van der Waals surface area contributed by atoms with Crippen molar-refractivity contribution >= 4 is 44.2 Å². The first-order valence-electron chi connectivity index (χ1n) is 9.09. The second-order valence-corrected chi connectivity index (χ2v) is 9.63. The van der Waals surface area contributed by atoms with Gasteiger partial charge in [0.25, 0.3) is 5.91 Å². The molecule has 0 bridgehead atoms. The molecular weight excluding hydrogens is 475 g/mol. The van der Waals surface area contributed by atoms with Crippen molar-refractivity contribution in [2.75, 3.05) is 24.5 Å². The minimum absolute atomic E-state index is 0.0474. The molecule has 144 valence electrons. The van der Waals surface area contributed by atoms with Crippen LogP contribution in [0.2, 0.25) is 0 Å². The molecule has 0 atom stereocenters. The third-order valence-corrected chi connectivity index (χ3v) is 7.55. The van der Waals surface area contributed by atoms with E-state index >= 15 is 0 Å². The Morgan fingerprint density at radius 2 is 1.89 bits per heavy atom. The average molecular weight is 498 g/mol. The van der Waals surface area contributed by atoms with Crippen LogP contribution < -0.4 is 4.90 Å². The summed E-state index contributed by atoms with van der Waals surface area (Å²) in [5, 5.41) is 0. The molecule has 7 heteroatoms. The molecule has 0 N–H and O–H groups in total. The number of carbonyl (C=O) groups excluding carboxylic acids is 1. The lowest BCUT2D eigenvalue weighted by Crippen LogP contribution is -2.36. The van der Waals surface area contributed by atoms with E-state index in [9.17, 15) is 13.2 Å². The van der Waals surface area contributed by atoms with Gasteiger partial charge in [0.1, 0.15) is 0 Å². The smallest absolute Gasteiger partial charge is 0.258 e. The number of nitrogens with zero attached hydrogens (tertiary/aromatic N) is 2. The van der Waals surface area contributed by atoms with Crippen LogP contribution >= 0.6 is 22.6 Å². The van der Waals surface area contributed by atoms with Crippen LogP contribution in [-0.2, 0) is 16.4 Å². The zero-order valence-corrected chi connectivity index (χ0v) is 18.5. The van der Waals surface area contributed by atoms with Gasteiger partial charge in [-0.05, 0) is 77.4 Å². The highest BCUT2D eigenvalue weighted by Crippen LogP contribution is 2.31. The first-order valence-corrected chi connectivity index (χ1v) is 11.6. The Labute approximate surface area is 174 Å². The average Bonchev–Trinajstić information content (AvgIpc) is 2.67. The van der Waals surface area contributed by atoms with E-state index in [4.69, 9.17) is 0 Å². The fraction of sp³-hybridized carbons (Fsp3) is 0.350. The first-order chi connectivity index (χ1) is 12.9. The fourth-order valence-electron chi connectivity index (χ4n) is 3.43. The summed E-state index contributed by atoms with van der Waals surface area (Å²) in [6.45, 7) is 5.18. The predicted molar refractivity (Wildman–Crippen MR) is 116 cm³/mol. The maximum atomic E-state index is 13.0. The highest BCUT2D eigenvalue weighted by atomic mass is 127. The quantitative estimate of drug-likeness (QED) is 0.588. The third kappa shape index (κ3) is 4.05. The van der Waals surface area contributed by atoms with Gasteiger partial charge in [0.05, 0.1) is 4.90 Å². The molecule has 0 aromatic heterocycles. The highest BCUT2D eigenvalue weighted by Gasteiger charge is 2.27. The first kappa shape index (κ1) is 20.3. The van der Waals surface area contributed by atoms with E-state index in [-0.39, 0.29) is 5.91 Å². The highest BCUT2D eigenvalue weighted by molar-refractivity contribution is 14.1. The van der Waals surface area contributed by atoms with Crippen molar-refractivity contribution in [1.29, 1.82) is 0 Å².